The molecule has 8 nitrogen and oxygen atoms in total. The van der Waals surface area contributed by atoms with E-state index in [2.05, 4.69) is 0 Å². The molecule has 0 spiro atoms. The van der Waals surface area contributed by atoms with Gasteiger partial charge in [0.15, 0.2) is 0 Å². The molecule has 0 aliphatic carbocycles. The first-order valence-electron chi connectivity index (χ1n) is 9.59. The van der Waals surface area contributed by atoms with Crippen molar-refractivity contribution in [2.45, 2.75) is 49.8 Å². The number of hydroxylamine groups is 1. The van der Waals surface area contributed by atoms with Gasteiger partial charge in [-0.15, -0.1) is 0 Å². The lowest BCUT2D eigenvalue weighted by molar-refractivity contribution is -0.137. The number of benzene rings is 2. The number of aliphatic hydroxyl groups is 1. The summed E-state index contributed by atoms with van der Waals surface area (Å²) in [6, 6.07) is 12.6. The number of aryl methyl sites for hydroxylation is 1. The van der Waals surface area contributed by atoms with Crippen molar-refractivity contribution in [2.75, 3.05) is 6.54 Å². The summed E-state index contributed by atoms with van der Waals surface area (Å²) in [5.74, 6) is -0.361. The van der Waals surface area contributed by atoms with E-state index < -0.39 is 27.6 Å². The minimum absolute atomic E-state index is 0.00280. The molecule has 0 aromatic heterocycles. The van der Waals surface area contributed by atoms with E-state index in [0.29, 0.717) is 12.4 Å². The number of ether oxygens (including phenoxy) is 1. The largest absolute Gasteiger partial charge is 0.489 e. The highest BCUT2D eigenvalue weighted by Gasteiger charge is 2.44. The number of nitrogens with zero attached hydrogens (tertiary/aromatic N) is 1. The molecule has 9 heteroatoms. The van der Waals surface area contributed by atoms with Crippen LogP contribution >= 0.6 is 0 Å². The number of piperidine rings is 1. The summed E-state index contributed by atoms with van der Waals surface area (Å²) in [6.45, 7) is 3.84. The number of nitrogens with one attached hydrogen (secondary N) is 1. The van der Waals surface area contributed by atoms with Crippen LogP contribution in [0.3, 0.4) is 0 Å². The lowest BCUT2D eigenvalue weighted by Crippen LogP contribution is -2.57. The van der Waals surface area contributed by atoms with Gasteiger partial charge in [-0.05, 0) is 55.7 Å². The van der Waals surface area contributed by atoms with Crippen molar-refractivity contribution in [3.8, 4) is 5.75 Å². The highest BCUT2D eigenvalue weighted by molar-refractivity contribution is 7.89. The van der Waals surface area contributed by atoms with Crippen molar-refractivity contribution in [3.63, 3.8) is 0 Å². The number of rotatable bonds is 6. The van der Waals surface area contributed by atoms with Crippen molar-refractivity contribution < 1.29 is 28.3 Å². The van der Waals surface area contributed by atoms with Crippen molar-refractivity contribution >= 4 is 15.9 Å². The summed E-state index contributed by atoms with van der Waals surface area (Å²) in [6.07, 6.45) is 0.0648. The summed E-state index contributed by atoms with van der Waals surface area (Å²) < 4.78 is 33.0. The lowest BCUT2D eigenvalue weighted by Gasteiger charge is -2.40. The molecular weight excluding hydrogens is 408 g/mol. The Balaban J connectivity index is 1.77. The van der Waals surface area contributed by atoms with Crippen LogP contribution < -0.4 is 10.2 Å². The van der Waals surface area contributed by atoms with Crippen LogP contribution in [0.15, 0.2) is 53.4 Å². The predicted molar refractivity (Wildman–Crippen MR) is 109 cm³/mol. The minimum Gasteiger partial charge on any atom is -0.489 e. The predicted octanol–water partition coefficient (Wildman–Crippen LogP) is 1.98. The van der Waals surface area contributed by atoms with Crippen LogP contribution in [0, 0.1) is 6.92 Å². The Morgan fingerprint density at radius 2 is 1.90 bits per heavy atom. The number of hydrogen-bond donors (Lipinski definition) is 3. The summed E-state index contributed by atoms with van der Waals surface area (Å²) in [7, 11) is -4.01. The summed E-state index contributed by atoms with van der Waals surface area (Å²) in [5.41, 5.74) is 2.44. The van der Waals surface area contributed by atoms with Crippen LogP contribution in [0.2, 0.25) is 0 Å². The van der Waals surface area contributed by atoms with Gasteiger partial charge in [-0.2, -0.15) is 4.31 Å². The molecule has 1 heterocycles. The molecule has 162 valence electrons. The first kappa shape index (κ1) is 22.2. The summed E-state index contributed by atoms with van der Waals surface area (Å²) in [5, 5.41) is 19.3. The van der Waals surface area contributed by atoms with Crippen molar-refractivity contribution in [1.29, 1.82) is 0 Å². The number of carbonyl (C=O) groups is 1. The fourth-order valence-corrected chi connectivity index (χ4v) is 5.08. The SMILES string of the molecule is Cc1ccccc1COc1ccc(S(=O)(=O)N2CCC(C)(O)CC2C(=O)NO)cc1. The molecular formula is C21H26N2O6S. The number of amides is 1. The normalized spacial score (nSPS) is 22.5. The highest BCUT2D eigenvalue weighted by Crippen LogP contribution is 2.31. The maximum Gasteiger partial charge on any atom is 0.261 e. The molecule has 0 radical (unpaired) electrons. The van der Waals surface area contributed by atoms with Gasteiger partial charge in [-0.3, -0.25) is 10.0 Å². The second kappa shape index (κ2) is 8.73. The van der Waals surface area contributed by atoms with Crippen LogP contribution in [-0.4, -0.2) is 47.1 Å². The van der Waals surface area contributed by atoms with Crippen LogP contribution in [0.4, 0.5) is 0 Å². The lowest BCUT2D eigenvalue weighted by atomic mass is 9.89. The summed E-state index contributed by atoms with van der Waals surface area (Å²) in [4.78, 5) is 12.0. The Bertz CT molecular complexity index is 1000. The topological polar surface area (TPSA) is 116 Å². The third kappa shape index (κ3) is 4.81. The van der Waals surface area contributed by atoms with Gasteiger partial charge in [0, 0.05) is 13.0 Å². The van der Waals surface area contributed by atoms with Crippen LogP contribution in [-0.2, 0) is 21.4 Å². The van der Waals surface area contributed by atoms with E-state index in [9.17, 15) is 18.3 Å². The van der Waals surface area contributed by atoms with Crippen LogP contribution in [0.1, 0.15) is 30.9 Å². The smallest absolute Gasteiger partial charge is 0.261 e. The molecule has 0 saturated carbocycles. The fraction of sp³-hybridized carbons (Fsp3) is 0.381. The molecule has 3 rings (SSSR count). The molecule has 1 aliphatic rings. The Kier molecular flexibility index (Phi) is 6.47. The number of carbonyl (C=O) groups excluding carboxylic acids is 1. The van der Waals surface area contributed by atoms with E-state index in [1.807, 2.05) is 31.2 Å². The quantitative estimate of drug-likeness (QED) is 0.473. The standard InChI is InChI=1S/C21H26N2O6S/c1-15-5-3-4-6-16(15)14-29-17-7-9-18(10-8-17)30(27,28)23-12-11-21(2,25)13-19(23)20(24)22-26/h3-10,19,25-26H,11-14H2,1-2H3,(H,22,24). The molecule has 1 saturated heterocycles. The molecule has 2 atom stereocenters. The maximum absolute atomic E-state index is 13.1. The van der Waals surface area contributed by atoms with Crippen molar-refractivity contribution in [3.05, 3.63) is 59.7 Å². The van der Waals surface area contributed by atoms with E-state index in [4.69, 9.17) is 9.94 Å². The van der Waals surface area contributed by atoms with E-state index >= 15 is 0 Å². The molecule has 30 heavy (non-hydrogen) atoms. The Morgan fingerprint density at radius 3 is 2.53 bits per heavy atom. The molecule has 0 bridgehead atoms. The third-order valence-corrected chi connectivity index (χ3v) is 7.27. The molecule has 2 aromatic carbocycles. The molecule has 1 fully saturated rings. The van der Waals surface area contributed by atoms with Crippen LogP contribution in [0.25, 0.3) is 0 Å². The molecule has 3 N–H and O–H groups in total. The first-order valence-corrected chi connectivity index (χ1v) is 11.0. The van der Waals surface area contributed by atoms with Gasteiger partial charge in [0.1, 0.15) is 18.4 Å². The maximum atomic E-state index is 13.1. The second-order valence-corrected chi connectivity index (χ2v) is 9.64. The van der Waals surface area contributed by atoms with Gasteiger partial charge in [0.05, 0.1) is 10.5 Å². The zero-order chi connectivity index (χ0) is 21.9. The molecule has 2 aromatic rings. The van der Waals surface area contributed by atoms with E-state index in [0.717, 1.165) is 15.4 Å². The van der Waals surface area contributed by atoms with Gasteiger partial charge in [0.25, 0.3) is 5.91 Å². The van der Waals surface area contributed by atoms with Gasteiger partial charge in [0.2, 0.25) is 10.0 Å². The average Bonchev–Trinajstić information content (AvgIpc) is 2.72. The zero-order valence-corrected chi connectivity index (χ0v) is 17.7. The Labute approximate surface area is 176 Å². The Hall–Kier alpha value is -2.46. The van der Waals surface area contributed by atoms with Gasteiger partial charge >= 0.3 is 0 Å². The molecule has 2 unspecified atom stereocenters. The first-order chi connectivity index (χ1) is 14.1. The average molecular weight is 435 g/mol. The molecule has 1 amide bonds. The molecule has 1 aliphatic heterocycles. The van der Waals surface area contributed by atoms with Gasteiger partial charge in [-0.1, -0.05) is 24.3 Å². The third-order valence-electron chi connectivity index (χ3n) is 5.35. The Morgan fingerprint density at radius 1 is 1.23 bits per heavy atom. The summed E-state index contributed by atoms with van der Waals surface area (Å²) >= 11 is 0. The number of hydrogen-bond acceptors (Lipinski definition) is 6. The monoisotopic (exact) mass is 434 g/mol. The minimum atomic E-state index is -4.01. The van der Waals surface area contributed by atoms with E-state index in [1.165, 1.54) is 24.5 Å². The van der Waals surface area contributed by atoms with E-state index in [1.54, 1.807) is 12.1 Å². The van der Waals surface area contributed by atoms with Gasteiger partial charge < -0.3 is 9.84 Å². The van der Waals surface area contributed by atoms with Crippen molar-refractivity contribution in [2.24, 2.45) is 0 Å². The zero-order valence-electron chi connectivity index (χ0n) is 16.9. The van der Waals surface area contributed by atoms with E-state index in [-0.39, 0.29) is 24.3 Å². The van der Waals surface area contributed by atoms with Crippen LogP contribution in [0.5, 0.6) is 5.75 Å². The number of sulfonamides is 1. The second-order valence-electron chi connectivity index (χ2n) is 7.75. The highest BCUT2D eigenvalue weighted by atomic mass is 32.2. The fourth-order valence-electron chi connectivity index (χ4n) is 3.49. The van der Waals surface area contributed by atoms with Crippen molar-refractivity contribution in [1.82, 2.24) is 9.79 Å². The van der Waals surface area contributed by atoms with Gasteiger partial charge in [-0.25, -0.2) is 13.9 Å².